The smallest absolute Gasteiger partial charge is 0.243 e. The van der Waals surface area contributed by atoms with E-state index in [0.29, 0.717) is 11.6 Å². The van der Waals surface area contributed by atoms with E-state index in [1.165, 1.54) is 12.1 Å². The zero-order valence-electron chi connectivity index (χ0n) is 13.3. The van der Waals surface area contributed by atoms with Gasteiger partial charge in [-0.3, -0.25) is 9.59 Å². The third kappa shape index (κ3) is 3.86. The Kier molecular flexibility index (Phi) is 5.66. The number of benzene rings is 1. The van der Waals surface area contributed by atoms with Gasteiger partial charge >= 0.3 is 0 Å². The molecule has 0 unspecified atom stereocenters. The molecule has 24 heavy (non-hydrogen) atoms. The minimum Gasteiger partial charge on any atom is -0.350 e. The molecule has 7 heteroatoms. The number of nitrogens with zero attached hydrogens (tertiary/aromatic N) is 1. The molecule has 2 aliphatic rings. The molecule has 1 heterocycles. The molecule has 0 bridgehead atoms. The maximum Gasteiger partial charge on any atom is 0.243 e. The highest BCUT2D eigenvalue weighted by Crippen LogP contribution is 2.30. The average Bonchev–Trinajstić information content (AvgIpc) is 3.26. The van der Waals surface area contributed by atoms with Crippen LogP contribution in [0.25, 0.3) is 0 Å². The van der Waals surface area contributed by atoms with E-state index in [0.717, 1.165) is 31.2 Å². The van der Waals surface area contributed by atoms with E-state index in [9.17, 15) is 14.0 Å². The van der Waals surface area contributed by atoms with Crippen molar-refractivity contribution >= 4 is 35.2 Å². The molecule has 130 valence electrons. The number of amides is 2. The van der Waals surface area contributed by atoms with Crippen molar-refractivity contribution in [3.63, 3.8) is 0 Å². The zero-order chi connectivity index (χ0) is 17.1. The molecule has 1 saturated heterocycles. The van der Waals surface area contributed by atoms with Crippen molar-refractivity contribution in [1.82, 2.24) is 10.2 Å². The Morgan fingerprint density at radius 2 is 2.08 bits per heavy atom. The van der Waals surface area contributed by atoms with Gasteiger partial charge in [0, 0.05) is 18.2 Å². The Bertz CT molecular complexity index is 637. The van der Waals surface area contributed by atoms with E-state index in [-0.39, 0.29) is 29.3 Å². The fraction of sp³-hybridized carbons (Fsp3) is 0.529. The largest absolute Gasteiger partial charge is 0.350 e. The van der Waals surface area contributed by atoms with Gasteiger partial charge in [0.15, 0.2) is 0 Å². The summed E-state index contributed by atoms with van der Waals surface area (Å²) in [5.41, 5.74) is 0.731. The summed E-state index contributed by atoms with van der Waals surface area (Å²) in [6.45, 7) is 0.269. The van der Waals surface area contributed by atoms with Crippen LogP contribution in [0.3, 0.4) is 0 Å². The Morgan fingerprint density at radius 3 is 2.79 bits per heavy atom. The second-order valence-electron chi connectivity index (χ2n) is 6.27. The van der Waals surface area contributed by atoms with Crippen LogP contribution in [0.15, 0.2) is 18.2 Å². The first-order chi connectivity index (χ1) is 11.6. The second kappa shape index (κ2) is 7.74. The van der Waals surface area contributed by atoms with E-state index in [4.69, 9.17) is 11.6 Å². The molecule has 1 saturated carbocycles. The molecule has 4 nitrogen and oxygen atoms in total. The third-order valence-corrected chi connectivity index (χ3v) is 5.93. The molecule has 2 amide bonds. The van der Waals surface area contributed by atoms with Gasteiger partial charge in [0.25, 0.3) is 0 Å². The number of hydrogen-bond donors (Lipinski definition) is 1. The van der Waals surface area contributed by atoms with Crippen molar-refractivity contribution in [3.8, 4) is 0 Å². The second-order valence-corrected chi connectivity index (χ2v) is 7.68. The molecular formula is C17H20ClFN2O2S. The number of nitrogens with one attached hydrogen (secondary N) is 1. The molecule has 1 N–H and O–H groups in total. The van der Waals surface area contributed by atoms with Crippen LogP contribution in [0.1, 0.15) is 31.2 Å². The number of hydrogen-bond acceptors (Lipinski definition) is 3. The first-order valence-corrected chi connectivity index (χ1v) is 9.69. The van der Waals surface area contributed by atoms with Crippen molar-refractivity contribution in [1.29, 1.82) is 0 Å². The summed E-state index contributed by atoms with van der Waals surface area (Å²) in [6, 6.07) is 3.96. The summed E-state index contributed by atoms with van der Waals surface area (Å²) < 4.78 is 13.2. The first kappa shape index (κ1) is 17.5. The van der Waals surface area contributed by atoms with Gasteiger partial charge in [-0.1, -0.05) is 30.5 Å². The maximum absolute atomic E-state index is 13.2. The molecule has 3 rings (SSSR count). The topological polar surface area (TPSA) is 49.4 Å². The predicted octanol–water partition coefficient (Wildman–Crippen LogP) is 3.19. The summed E-state index contributed by atoms with van der Waals surface area (Å²) in [6.07, 6.45) is 4.06. The monoisotopic (exact) mass is 370 g/mol. The van der Waals surface area contributed by atoms with E-state index < -0.39 is 11.9 Å². The molecular weight excluding hydrogens is 351 g/mol. The fourth-order valence-corrected chi connectivity index (χ4v) is 4.61. The fourth-order valence-electron chi connectivity index (χ4n) is 3.24. The normalized spacial score (nSPS) is 21.2. The molecule has 1 aliphatic carbocycles. The average molecular weight is 371 g/mol. The van der Waals surface area contributed by atoms with Crippen LogP contribution in [0, 0.1) is 11.7 Å². The van der Waals surface area contributed by atoms with Gasteiger partial charge in [-0.25, -0.2) is 4.39 Å². The van der Waals surface area contributed by atoms with Gasteiger partial charge in [0.05, 0.1) is 10.9 Å². The summed E-state index contributed by atoms with van der Waals surface area (Å²) in [7, 11) is 0. The quantitative estimate of drug-likeness (QED) is 0.885. The van der Waals surface area contributed by atoms with Gasteiger partial charge < -0.3 is 10.2 Å². The highest BCUT2D eigenvalue weighted by atomic mass is 35.5. The standard InChI is InChI=1S/C17H20ClFN2O2S/c18-13-7-11(5-6-14(13)19)8-20-16(22)15-9-24-10-21(15)17(23)12-3-1-2-4-12/h5-7,12,15H,1-4,8-10H2,(H,20,22)/t15-/m0/s1. The van der Waals surface area contributed by atoms with Crippen LogP contribution in [0.5, 0.6) is 0 Å². The molecule has 2 fully saturated rings. The van der Waals surface area contributed by atoms with Crippen molar-refractivity contribution in [2.75, 3.05) is 11.6 Å². The number of carbonyl (C=O) groups excluding carboxylic acids is 2. The van der Waals surface area contributed by atoms with Crippen LogP contribution in [-0.2, 0) is 16.1 Å². The number of thioether (sulfide) groups is 1. The lowest BCUT2D eigenvalue weighted by atomic mass is 10.1. The van der Waals surface area contributed by atoms with Crippen LogP contribution < -0.4 is 5.32 Å². The summed E-state index contributed by atoms with van der Waals surface area (Å²) >= 11 is 7.36. The summed E-state index contributed by atoms with van der Waals surface area (Å²) in [5.74, 6) is 0.751. The number of rotatable bonds is 4. The van der Waals surface area contributed by atoms with Gasteiger partial charge in [0.2, 0.25) is 11.8 Å². The zero-order valence-corrected chi connectivity index (χ0v) is 14.8. The molecule has 0 aromatic heterocycles. The highest BCUT2D eigenvalue weighted by Gasteiger charge is 2.38. The lowest BCUT2D eigenvalue weighted by Gasteiger charge is -2.25. The van der Waals surface area contributed by atoms with Crippen LogP contribution in [0.2, 0.25) is 5.02 Å². The summed E-state index contributed by atoms with van der Waals surface area (Å²) in [4.78, 5) is 26.8. The molecule has 0 spiro atoms. The van der Waals surface area contributed by atoms with Crippen molar-refractivity contribution in [2.45, 2.75) is 38.3 Å². The molecule has 0 radical (unpaired) electrons. The maximum atomic E-state index is 13.2. The van der Waals surface area contributed by atoms with E-state index in [2.05, 4.69) is 5.32 Å². The summed E-state index contributed by atoms with van der Waals surface area (Å²) in [5, 5.41) is 2.87. The molecule has 1 aromatic carbocycles. The Labute approximate surface area is 150 Å². The van der Waals surface area contributed by atoms with Crippen LogP contribution in [0.4, 0.5) is 4.39 Å². The SMILES string of the molecule is O=C(NCc1ccc(F)c(Cl)c1)[C@@H]1CSCN1C(=O)C1CCCC1. The Balaban J connectivity index is 1.58. The third-order valence-electron chi connectivity index (χ3n) is 4.62. The van der Waals surface area contributed by atoms with Gasteiger partial charge in [-0.15, -0.1) is 11.8 Å². The van der Waals surface area contributed by atoms with E-state index in [1.54, 1.807) is 22.7 Å². The van der Waals surface area contributed by atoms with Crippen molar-refractivity contribution in [3.05, 3.63) is 34.6 Å². The Morgan fingerprint density at radius 1 is 1.33 bits per heavy atom. The highest BCUT2D eigenvalue weighted by molar-refractivity contribution is 7.99. The lowest BCUT2D eigenvalue weighted by molar-refractivity contribution is -0.141. The lowest BCUT2D eigenvalue weighted by Crippen LogP contribution is -2.48. The minimum absolute atomic E-state index is 0.0382. The van der Waals surface area contributed by atoms with Crippen molar-refractivity contribution in [2.24, 2.45) is 5.92 Å². The minimum atomic E-state index is -0.479. The Hall–Kier alpha value is -1.27. The van der Waals surface area contributed by atoms with Crippen LogP contribution in [-0.4, -0.2) is 34.4 Å². The van der Waals surface area contributed by atoms with Gasteiger partial charge in [0.1, 0.15) is 11.9 Å². The van der Waals surface area contributed by atoms with Crippen LogP contribution >= 0.6 is 23.4 Å². The predicted molar refractivity (Wildman–Crippen MR) is 93.2 cm³/mol. The number of carbonyl (C=O) groups is 2. The van der Waals surface area contributed by atoms with Crippen molar-refractivity contribution < 1.29 is 14.0 Å². The first-order valence-electron chi connectivity index (χ1n) is 8.16. The molecule has 1 aliphatic heterocycles. The number of halogens is 2. The van der Waals surface area contributed by atoms with Gasteiger partial charge in [-0.05, 0) is 30.5 Å². The molecule has 1 aromatic rings. The molecule has 1 atom stereocenters. The van der Waals surface area contributed by atoms with E-state index in [1.807, 2.05) is 0 Å². The van der Waals surface area contributed by atoms with E-state index >= 15 is 0 Å². The van der Waals surface area contributed by atoms with Gasteiger partial charge in [-0.2, -0.15) is 0 Å².